The molecule has 0 saturated carbocycles. The van der Waals surface area contributed by atoms with Gasteiger partial charge in [-0.05, 0) is 43.7 Å². The minimum Gasteiger partial charge on any atom is -0.385 e. The molecule has 2 N–H and O–H groups in total. The Morgan fingerprint density at radius 2 is 2.29 bits per heavy atom. The second-order valence-electron chi connectivity index (χ2n) is 5.45. The average Bonchev–Trinajstić information content (AvgIpc) is 2.52. The van der Waals surface area contributed by atoms with Crippen molar-refractivity contribution >= 4 is 11.6 Å². The van der Waals surface area contributed by atoms with Crippen molar-refractivity contribution in [2.45, 2.75) is 12.8 Å². The van der Waals surface area contributed by atoms with Crippen LogP contribution in [0.5, 0.6) is 0 Å². The Morgan fingerprint density at radius 1 is 1.43 bits per heavy atom. The normalized spacial score (nSPS) is 13.7. The van der Waals surface area contributed by atoms with Gasteiger partial charge in [0.05, 0.1) is 6.61 Å². The number of nitrogens with one attached hydrogen (secondary N) is 2. The van der Waals surface area contributed by atoms with Gasteiger partial charge in [0, 0.05) is 44.5 Å². The van der Waals surface area contributed by atoms with Crippen molar-refractivity contribution in [1.29, 1.82) is 0 Å². The van der Waals surface area contributed by atoms with E-state index in [1.54, 1.807) is 7.11 Å². The summed E-state index contributed by atoms with van der Waals surface area (Å²) in [5, 5.41) is 6.33. The third-order valence-corrected chi connectivity index (χ3v) is 3.76. The molecular formula is C16H25N3O2. The van der Waals surface area contributed by atoms with Crippen LogP contribution in [0.3, 0.4) is 0 Å². The molecule has 1 amide bonds. The van der Waals surface area contributed by atoms with Crippen molar-refractivity contribution in [2.24, 2.45) is 0 Å². The molecule has 5 heteroatoms. The monoisotopic (exact) mass is 291 g/mol. The summed E-state index contributed by atoms with van der Waals surface area (Å²) < 4.78 is 5.03. The molecule has 2 rings (SSSR count). The zero-order valence-electron chi connectivity index (χ0n) is 12.9. The van der Waals surface area contributed by atoms with Gasteiger partial charge in [0.1, 0.15) is 0 Å². The van der Waals surface area contributed by atoms with Gasteiger partial charge in [-0.25, -0.2) is 0 Å². The number of fused-ring (bicyclic) bond motifs is 1. The highest BCUT2D eigenvalue weighted by Crippen LogP contribution is 2.22. The Balaban J connectivity index is 1.80. The summed E-state index contributed by atoms with van der Waals surface area (Å²) in [7, 11) is 3.72. The first-order valence-corrected chi connectivity index (χ1v) is 7.53. The first-order valence-electron chi connectivity index (χ1n) is 7.53. The number of nitrogens with zero attached hydrogens (tertiary/aromatic N) is 1. The van der Waals surface area contributed by atoms with E-state index >= 15 is 0 Å². The predicted octanol–water partition coefficient (Wildman–Crippen LogP) is 1.35. The maximum Gasteiger partial charge on any atom is 0.251 e. The van der Waals surface area contributed by atoms with Gasteiger partial charge in [0.25, 0.3) is 5.91 Å². The molecule has 1 heterocycles. The number of aryl methyl sites for hydroxylation is 1. The lowest BCUT2D eigenvalue weighted by atomic mass is 10.0. The van der Waals surface area contributed by atoms with Crippen molar-refractivity contribution in [3.8, 4) is 0 Å². The van der Waals surface area contributed by atoms with Crippen molar-refractivity contribution in [3.63, 3.8) is 0 Å². The molecule has 0 saturated heterocycles. The molecule has 0 radical (unpaired) electrons. The summed E-state index contributed by atoms with van der Waals surface area (Å²) in [6, 6.07) is 5.90. The van der Waals surface area contributed by atoms with E-state index in [9.17, 15) is 4.79 Å². The van der Waals surface area contributed by atoms with Crippen LogP contribution in [0.1, 0.15) is 22.3 Å². The third-order valence-electron chi connectivity index (χ3n) is 3.76. The molecule has 0 aromatic heterocycles. The lowest BCUT2D eigenvalue weighted by molar-refractivity contribution is 0.0947. The highest BCUT2D eigenvalue weighted by Gasteiger charge is 2.12. The number of amides is 1. The van der Waals surface area contributed by atoms with Crippen LogP contribution in [0, 0.1) is 0 Å². The van der Waals surface area contributed by atoms with Gasteiger partial charge in [-0.2, -0.15) is 0 Å². The molecule has 0 bridgehead atoms. The van der Waals surface area contributed by atoms with Crippen LogP contribution >= 0.6 is 0 Å². The number of carbonyl (C=O) groups is 1. The Kier molecular flexibility index (Phi) is 6.02. The topological polar surface area (TPSA) is 53.6 Å². The highest BCUT2D eigenvalue weighted by atomic mass is 16.5. The minimum absolute atomic E-state index is 0.00325. The summed E-state index contributed by atoms with van der Waals surface area (Å²) in [4.78, 5) is 14.3. The molecule has 21 heavy (non-hydrogen) atoms. The van der Waals surface area contributed by atoms with Crippen molar-refractivity contribution in [1.82, 2.24) is 10.2 Å². The van der Waals surface area contributed by atoms with Gasteiger partial charge in [-0.1, -0.05) is 0 Å². The summed E-state index contributed by atoms with van der Waals surface area (Å²) in [6.07, 6.45) is 2.17. The molecule has 1 aromatic carbocycles. The van der Waals surface area contributed by atoms with E-state index in [1.165, 1.54) is 5.56 Å². The van der Waals surface area contributed by atoms with E-state index in [4.69, 9.17) is 4.74 Å². The van der Waals surface area contributed by atoms with Gasteiger partial charge in [0.15, 0.2) is 0 Å². The van der Waals surface area contributed by atoms with Crippen LogP contribution in [0.2, 0.25) is 0 Å². The summed E-state index contributed by atoms with van der Waals surface area (Å²) in [5.41, 5.74) is 3.15. The number of carbonyl (C=O) groups excluding carboxylic acids is 1. The van der Waals surface area contributed by atoms with Gasteiger partial charge in [-0.15, -0.1) is 0 Å². The Labute approximate surface area is 126 Å². The molecule has 0 fully saturated rings. The second-order valence-corrected chi connectivity index (χ2v) is 5.45. The van der Waals surface area contributed by atoms with Crippen LogP contribution < -0.4 is 10.6 Å². The van der Waals surface area contributed by atoms with Crippen LogP contribution in [-0.4, -0.2) is 57.8 Å². The Morgan fingerprint density at radius 3 is 3.10 bits per heavy atom. The van der Waals surface area contributed by atoms with Crippen molar-refractivity contribution in [2.75, 3.05) is 52.3 Å². The number of ether oxygens (including phenoxy) is 1. The van der Waals surface area contributed by atoms with Crippen LogP contribution in [0.25, 0.3) is 0 Å². The molecule has 0 atom stereocenters. The molecule has 0 unspecified atom stereocenters. The zero-order valence-corrected chi connectivity index (χ0v) is 12.9. The SMILES string of the molecule is COCCN(C)CCNC(=O)c1ccc2c(c1)CCCN2. The number of benzene rings is 1. The number of methoxy groups -OCH3 is 1. The lowest BCUT2D eigenvalue weighted by Gasteiger charge is -2.19. The number of anilines is 1. The van der Waals surface area contributed by atoms with Gasteiger partial charge >= 0.3 is 0 Å². The minimum atomic E-state index is 0.00325. The van der Waals surface area contributed by atoms with Crippen LogP contribution in [0.15, 0.2) is 18.2 Å². The molecule has 0 spiro atoms. The zero-order chi connectivity index (χ0) is 15.1. The molecule has 1 aliphatic rings. The summed E-state index contributed by atoms with van der Waals surface area (Å²) >= 11 is 0. The molecular weight excluding hydrogens is 266 g/mol. The average molecular weight is 291 g/mol. The maximum absolute atomic E-state index is 12.2. The maximum atomic E-state index is 12.2. The highest BCUT2D eigenvalue weighted by molar-refractivity contribution is 5.94. The molecule has 0 aliphatic carbocycles. The second kappa shape index (κ2) is 8.00. The number of rotatable bonds is 7. The van der Waals surface area contributed by atoms with E-state index in [0.717, 1.165) is 43.7 Å². The van der Waals surface area contributed by atoms with E-state index in [-0.39, 0.29) is 5.91 Å². The molecule has 116 valence electrons. The smallest absolute Gasteiger partial charge is 0.251 e. The van der Waals surface area contributed by atoms with E-state index in [0.29, 0.717) is 13.2 Å². The van der Waals surface area contributed by atoms with Gasteiger partial charge in [0.2, 0.25) is 0 Å². The predicted molar refractivity (Wildman–Crippen MR) is 85.0 cm³/mol. The number of likely N-dealkylation sites (N-methyl/N-ethyl adjacent to an activating group) is 1. The van der Waals surface area contributed by atoms with Gasteiger partial charge < -0.3 is 20.3 Å². The Hall–Kier alpha value is -1.59. The summed E-state index contributed by atoms with van der Waals surface area (Å²) in [6.45, 7) is 4.07. The molecule has 5 nitrogen and oxygen atoms in total. The standard InChI is InChI=1S/C16H25N3O2/c1-19(10-11-21-2)9-8-18-16(20)14-5-6-15-13(12-14)4-3-7-17-15/h5-6,12,17H,3-4,7-11H2,1-2H3,(H,18,20). The molecule has 1 aromatic rings. The van der Waals surface area contributed by atoms with Crippen molar-refractivity contribution in [3.05, 3.63) is 29.3 Å². The van der Waals surface area contributed by atoms with Crippen molar-refractivity contribution < 1.29 is 9.53 Å². The quantitative estimate of drug-likeness (QED) is 0.796. The van der Waals surface area contributed by atoms with Gasteiger partial charge in [-0.3, -0.25) is 4.79 Å². The first-order chi connectivity index (χ1) is 10.2. The fourth-order valence-corrected chi connectivity index (χ4v) is 2.44. The largest absolute Gasteiger partial charge is 0.385 e. The fourth-order valence-electron chi connectivity index (χ4n) is 2.44. The molecule has 1 aliphatic heterocycles. The van der Waals surface area contributed by atoms with E-state index < -0.39 is 0 Å². The fraction of sp³-hybridized carbons (Fsp3) is 0.562. The number of hydrogen-bond donors (Lipinski definition) is 2. The third kappa shape index (κ3) is 4.72. The number of hydrogen-bond acceptors (Lipinski definition) is 4. The lowest BCUT2D eigenvalue weighted by Crippen LogP contribution is -2.34. The summed E-state index contributed by atoms with van der Waals surface area (Å²) in [5.74, 6) is 0.00325. The van der Waals surface area contributed by atoms with E-state index in [2.05, 4.69) is 15.5 Å². The van der Waals surface area contributed by atoms with Crippen LogP contribution in [0.4, 0.5) is 5.69 Å². The van der Waals surface area contributed by atoms with Crippen LogP contribution in [-0.2, 0) is 11.2 Å². The Bertz CT molecular complexity index is 477. The first kappa shape index (κ1) is 15.8. The van der Waals surface area contributed by atoms with E-state index in [1.807, 2.05) is 25.2 Å².